The fraction of sp³-hybridized carbons (Fsp3) is 0.333. The van der Waals surface area contributed by atoms with Crippen LogP contribution in [0.1, 0.15) is 6.42 Å². The zero-order chi connectivity index (χ0) is 9.68. The van der Waals surface area contributed by atoms with E-state index in [0.717, 1.165) is 10.3 Å². The van der Waals surface area contributed by atoms with Crippen LogP contribution >= 0.6 is 15.9 Å². The molecule has 0 unspecified atom stereocenters. The third-order valence-electron chi connectivity index (χ3n) is 1.66. The van der Waals surface area contributed by atoms with Crippen LogP contribution in [-0.2, 0) is 0 Å². The zero-order valence-electron chi connectivity index (χ0n) is 7.37. The van der Waals surface area contributed by atoms with E-state index in [0.29, 0.717) is 13.0 Å². The Morgan fingerprint density at radius 3 is 2.92 bits per heavy atom. The minimum absolute atomic E-state index is 0.522. The Kier molecular flexibility index (Phi) is 3.71. The number of nitriles is 1. The van der Waals surface area contributed by atoms with E-state index in [1.165, 1.54) is 0 Å². The predicted octanol–water partition coefficient (Wildman–Crippen LogP) is 2.19. The van der Waals surface area contributed by atoms with Crippen molar-refractivity contribution in [3.8, 4) is 6.07 Å². The second-order valence-corrected chi connectivity index (χ2v) is 3.58. The van der Waals surface area contributed by atoms with Crippen LogP contribution in [0.5, 0.6) is 0 Å². The summed E-state index contributed by atoms with van der Waals surface area (Å²) in [5, 5.41) is 8.40. The van der Waals surface area contributed by atoms with Gasteiger partial charge in [-0.1, -0.05) is 0 Å². The quantitative estimate of drug-likeness (QED) is 0.812. The summed E-state index contributed by atoms with van der Waals surface area (Å²) in [7, 11) is 1.92. The van der Waals surface area contributed by atoms with Gasteiger partial charge in [0.2, 0.25) is 0 Å². The van der Waals surface area contributed by atoms with E-state index in [4.69, 9.17) is 5.26 Å². The van der Waals surface area contributed by atoms with E-state index >= 15 is 0 Å². The Balaban J connectivity index is 2.62. The molecule has 0 aliphatic carbocycles. The molecule has 0 fully saturated rings. The molecular weight excluding hydrogens is 230 g/mol. The minimum Gasteiger partial charge on any atom is -0.359 e. The first-order chi connectivity index (χ1) is 6.24. The predicted molar refractivity (Wildman–Crippen MR) is 55.4 cm³/mol. The van der Waals surface area contributed by atoms with Gasteiger partial charge in [-0.2, -0.15) is 5.26 Å². The summed E-state index contributed by atoms with van der Waals surface area (Å²) in [5.41, 5.74) is 0. The minimum atomic E-state index is 0.522. The van der Waals surface area contributed by atoms with Crippen molar-refractivity contribution in [2.75, 3.05) is 18.5 Å². The lowest BCUT2D eigenvalue weighted by molar-refractivity contribution is 0.884. The summed E-state index contributed by atoms with van der Waals surface area (Å²) >= 11 is 3.31. The van der Waals surface area contributed by atoms with E-state index in [1.54, 1.807) is 6.20 Å². The lowest BCUT2D eigenvalue weighted by Crippen LogP contribution is -2.18. The Morgan fingerprint density at radius 1 is 1.62 bits per heavy atom. The highest BCUT2D eigenvalue weighted by Gasteiger charge is 2.00. The molecule has 4 heteroatoms. The van der Waals surface area contributed by atoms with Crippen molar-refractivity contribution in [1.82, 2.24) is 4.98 Å². The molecule has 0 bridgehead atoms. The number of pyridine rings is 1. The van der Waals surface area contributed by atoms with E-state index in [-0.39, 0.29) is 0 Å². The molecule has 13 heavy (non-hydrogen) atoms. The maximum Gasteiger partial charge on any atom is 0.128 e. The first-order valence-corrected chi connectivity index (χ1v) is 4.73. The standard InChI is InChI=1S/C9H10BrN3/c1-13(6-2-5-11)9-4-3-8(10)7-12-9/h3-4,7H,2,6H2,1H3. The summed E-state index contributed by atoms with van der Waals surface area (Å²) in [6.45, 7) is 0.713. The molecule has 0 saturated carbocycles. The highest BCUT2D eigenvalue weighted by Crippen LogP contribution is 2.13. The van der Waals surface area contributed by atoms with Gasteiger partial charge in [0.15, 0.2) is 0 Å². The molecule has 0 amide bonds. The van der Waals surface area contributed by atoms with Crippen molar-refractivity contribution >= 4 is 21.7 Å². The molecule has 3 nitrogen and oxygen atoms in total. The van der Waals surface area contributed by atoms with E-state index < -0.39 is 0 Å². The highest BCUT2D eigenvalue weighted by molar-refractivity contribution is 9.10. The number of hydrogen-bond acceptors (Lipinski definition) is 3. The molecule has 0 aliphatic heterocycles. The van der Waals surface area contributed by atoms with Crippen LogP contribution in [0, 0.1) is 11.3 Å². The van der Waals surface area contributed by atoms with Gasteiger partial charge < -0.3 is 4.90 Å². The number of rotatable bonds is 3. The fourth-order valence-electron chi connectivity index (χ4n) is 0.926. The third kappa shape index (κ3) is 3.03. The van der Waals surface area contributed by atoms with E-state index in [2.05, 4.69) is 27.0 Å². The van der Waals surface area contributed by atoms with Gasteiger partial charge in [0, 0.05) is 24.3 Å². The monoisotopic (exact) mass is 239 g/mol. The molecule has 1 rings (SSSR count). The molecule has 0 aromatic carbocycles. The van der Waals surface area contributed by atoms with Gasteiger partial charge in [-0.3, -0.25) is 0 Å². The van der Waals surface area contributed by atoms with Crippen LogP contribution < -0.4 is 4.90 Å². The Hall–Kier alpha value is -1.08. The second kappa shape index (κ2) is 4.83. The van der Waals surface area contributed by atoms with Crippen LogP contribution in [0.4, 0.5) is 5.82 Å². The summed E-state index contributed by atoms with van der Waals surface area (Å²) in [6.07, 6.45) is 2.27. The van der Waals surface area contributed by atoms with Crippen LogP contribution in [-0.4, -0.2) is 18.6 Å². The van der Waals surface area contributed by atoms with Gasteiger partial charge in [0.25, 0.3) is 0 Å². The molecule has 68 valence electrons. The molecule has 1 aromatic rings. The normalized spacial score (nSPS) is 9.31. The summed E-state index contributed by atoms with van der Waals surface area (Å²) < 4.78 is 0.963. The molecule has 0 spiro atoms. The first kappa shape index (κ1) is 10.0. The molecule has 0 aliphatic rings. The Labute approximate surface area is 86.1 Å². The fourth-order valence-corrected chi connectivity index (χ4v) is 1.16. The van der Waals surface area contributed by atoms with Gasteiger partial charge in [0.1, 0.15) is 5.82 Å². The highest BCUT2D eigenvalue weighted by atomic mass is 79.9. The number of hydrogen-bond donors (Lipinski definition) is 0. The molecule has 0 radical (unpaired) electrons. The first-order valence-electron chi connectivity index (χ1n) is 3.93. The molecule has 1 heterocycles. The van der Waals surface area contributed by atoms with Crippen LogP contribution in [0.2, 0.25) is 0 Å². The van der Waals surface area contributed by atoms with Crippen molar-refractivity contribution in [1.29, 1.82) is 5.26 Å². The molecular formula is C9H10BrN3. The molecule has 0 saturated heterocycles. The van der Waals surface area contributed by atoms with Gasteiger partial charge in [-0.25, -0.2) is 4.98 Å². The Bertz CT molecular complexity index is 302. The van der Waals surface area contributed by atoms with Crippen molar-refractivity contribution in [3.05, 3.63) is 22.8 Å². The van der Waals surface area contributed by atoms with Gasteiger partial charge in [-0.05, 0) is 28.1 Å². The van der Waals surface area contributed by atoms with Crippen LogP contribution in [0.15, 0.2) is 22.8 Å². The van der Waals surface area contributed by atoms with Crippen LogP contribution in [0.25, 0.3) is 0 Å². The van der Waals surface area contributed by atoms with Crippen molar-refractivity contribution in [2.24, 2.45) is 0 Å². The second-order valence-electron chi connectivity index (χ2n) is 2.66. The smallest absolute Gasteiger partial charge is 0.128 e. The lowest BCUT2D eigenvalue weighted by atomic mass is 10.4. The van der Waals surface area contributed by atoms with Crippen molar-refractivity contribution in [2.45, 2.75) is 6.42 Å². The van der Waals surface area contributed by atoms with Gasteiger partial charge in [0.05, 0.1) is 12.5 Å². The van der Waals surface area contributed by atoms with Crippen LogP contribution in [0.3, 0.4) is 0 Å². The topological polar surface area (TPSA) is 39.9 Å². The number of halogens is 1. The Morgan fingerprint density at radius 2 is 2.38 bits per heavy atom. The van der Waals surface area contributed by atoms with E-state index in [9.17, 15) is 0 Å². The van der Waals surface area contributed by atoms with Gasteiger partial charge in [-0.15, -0.1) is 0 Å². The number of aromatic nitrogens is 1. The lowest BCUT2D eigenvalue weighted by Gasteiger charge is -2.15. The largest absolute Gasteiger partial charge is 0.359 e. The number of nitrogens with zero attached hydrogens (tertiary/aromatic N) is 3. The zero-order valence-corrected chi connectivity index (χ0v) is 8.95. The molecule has 0 atom stereocenters. The van der Waals surface area contributed by atoms with Gasteiger partial charge >= 0.3 is 0 Å². The average Bonchev–Trinajstić information content (AvgIpc) is 2.15. The third-order valence-corrected chi connectivity index (χ3v) is 2.13. The van der Waals surface area contributed by atoms with Crippen molar-refractivity contribution in [3.63, 3.8) is 0 Å². The SMILES string of the molecule is CN(CCC#N)c1ccc(Br)cn1. The molecule has 1 aromatic heterocycles. The summed E-state index contributed by atoms with van der Waals surface area (Å²) in [4.78, 5) is 6.15. The maximum absolute atomic E-state index is 8.40. The summed E-state index contributed by atoms with van der Waals surface area (Å²) in [6, 6.07) is 5.95. The van der Waals surface area contributed by atoms with Crippen molar-refractivity contribution < 1.29 is 0 Å². The maximum atomic E-state index is 8.40. The van der Waals surface area contributed by atoms with E-state index in [1.807, 2.05) is 24.1 Å². The summed E-state index contributed by atoms with van der Waals surface area (Å²) in [5.74, 6) is 0.887. The number of anilines is 1. The average molecular weight is 240 g/mol. The molecule has 0 N–H and O–H groups in total.